The van der Waals surface area contributed by atoms with E-state index in [1.807, 2.05) is 135 Å². The molecule has 11 heteroatoms. The molecular formula is C47H57N3O8. The zero-order valence-corrected chi connectivity index (χ0v) is 33.6. The van der Waals surface area contributed by atoms with Gasteiger partial charge in [0, 0.05) is 4.91 Å². The van der Waals surface area contributed by atoms with Gasteiger partial charge in [-0.3, -0.25) is 0 Å². The molecular weight excluding hydrogens is 735 g/mol. The van der Waals surface area contributed by atoms with Gasteiger partial charge in [-0.15, -0.1) is 0 Å². The van der Waals surface area contributed by atoms with Crippen molar-refractivity contribution in [3.8, 4) is 0 Å². The lowest BCUT2D eigenvalue weighted by molar-refractivity contribution is -0.329. The van der Waals surface area contributed by atoms with Crippen LogP contribution in [0, 0.1) is 5.92 Å². The highest BCUT2D eigenvalue weighted by molar-refractivity contribution is 5.16. The number of nitrogens with zero attached hydrogens (tertiary/aromatic N) is 3. The van der Waals surface area contributed by atoms with E-state index in [1.54, 1.807) is 0 Å². The Kier molecular flexibility index (Phi) is 15.4. The lowest BCUT2D eigenvalue weighted by Gasteiger charge is -2.46. The first-order valence-electron chi connectivity index (χ1n) is 20.7. The summed E-state index contributed by atoms with van der Waals surface area (Å²) in [6.07, 6.45) is 1.26. The molecule has 8 atom stereocenters. The molecule has 0 spiro atoms. The number of benzene rings is 4. The van der Waals surface area contributed by atoms with Crippen molar-refractivity contribution < 1.29 is 37.9 Å². The van der Waals surface area contributed by atoms with E-state index >= 15 is 0 Å². The van der Waals surface area contributed by atoms with Crippen LogP contribution in [-0.2, 0) is 64.3 Å². The Morgan fingerprint density at radius 2 is 1.14 bits per heavy atom. The molecule has 2 saturated heterocycles. The smallest absolute Gasteiger partial charge is 0.186 e. The van der Waals surface area contributed by atoms with Gasteiger partial charge in [-0.25, -0.2) is 0 Å². The van der Waals surface area contributed by atoms with E-state index in [-0.39, 0.29) is 25.9 Å². The van der Waals surface area contributed by atoms with E-state index in [0.717, 1.165) is 41.5 Å². The molecule has 4 aromatic rings. The second kappa shape index (κ2) is 21.2. The molecule has 7 rings (SSSR count). The van der Waals surface area contributed by atoms with Crippen LogP contribution in [0.1, 0.15) is 68.2 Å². The number of hydrogen-bond donors (Lipinski definition) is 0. The van der Waals surface area contributed by atoms with Crippen LogP contribution in [0.15, 0.2) is 126 Å². The average Bonchev–Trinajstić information content (AvgIpc) is 3.88. The fourth-order valence-electron chi connectivity index (χ4n) is 8.28. The van der Waals surface area contributed by atoms with Gasteiger partial charge in [0.25, 0.3) is 0 Å². The summed E-state index contributed by atoms with van der Waals surface area (Å²) in [6.45, 7) is 5.30. The maximum Gasteiger partial charge on any atom is 0.186 e. The molecule has 308 valence electrons. The van der Waals surface area contributed by atoms with Gasteiger partial charge < -0.3 is 37.9 Å². The molecule has 1 aliphatic carbocycles. The summed E-state index contributed by atoms with van der Waals surface area (Å²) in [7, 11) is 0. The summed E-state index contributed by atoms with van der Waals surface area (Å²) in [6, 6.07) is 39.4. The van der Waals surface area contributed by atoms with Crippen LogP contribution in [0.5, 0.6) is 0 Å². The maximum atomic E-state index is 9.84. The third kappa shape index (κ3) is 12.0. The van der Waals surface area contributed by atoms with Crippen molar-refractivity contribution in [2.24, 2.45) is 11.0 Å². The first-order valence-corrected chi connectivity index (χ1v) is 20.7. The van der Waals surface area contributed by atoms with Crippen LogP contribution in [0.2, 0.25) is 0 Å². The molecule has 2 heterocycles. The van der Waals surface area contributed by atoms with Gasteiger partial charge in [-0.1, -0.05) is 152 Å². The third-order valence-electron chi connectivity index (χ3n) is 11.1. The normalized spacial score (nSPS) is 26.3. The molecule has 0 N–H and O–H groups in total. The molecule has 0 amide bonds. The van der Waals surface area contributed by atoms with E-state index in [0.29, 0.717) is 25.7 Å². The Hall–Kier alpha value is -4.13. The highest BCUT2D eigenvalue weighted by atomic mass is 16.8. The van der Waals surface area contributed by atoms with Crippen LogP contribution < -0.4 is 0 Å². The van der Waals surface area contributed by atoms with Crippen molar-refractivity contribution in [3.63, 3.8) is 0 Å². The SMILES string of the molecule is CC1(C)O[C@@H]([C@@H](COC2OC(COCc3ccccc3)C(OCc3ccccc3)C(OCc3ccccc3)C2OCc2ccccc2)N=[N+]=[N-])[C@@H](CC2CCCC2)O1. The van der Waals surface area contributed by atoms with Crippen molar-refractivity contribution in [2.45, 2.75) is 127 Å². The van der Waals surface area contributed by atoms with Crippen molar-refractivity contribution in [1.29, 1.82) is 0 Å². The van der Waals surface area contributed by atoms with Crippen LogP contribution in [0.25, 0.3) is 10.4 Å². The summed E-state index contributed by atoms with van der Waals surface area (Å²) >= 11 is 0. The second-order valence-corrected chi connectivity index (χ2v) is 16.0. The van der Waals surface area contributed by atoms with Gasteiger partial charge in [0.1, 0.15) is 24.4 Å². The number of ether oxygens (including phenoxy) is 8. The zero-order valence-electron chi connectivity index (χ0n) is 33.6. The van der Waals surface area contributed by atoms with E-state index < -0.39 is 48.6 Å². The molecule has 3 fully saturated rings. The largest absolute Gasteiger partial charge is 0.374 e. The summed E-state index contributed by atoms with van der Waals surface area (Å²) in [5.74, 6) is -0.289. The van der Waals surface area contributed by atoms with E-state index in [4.69, 9.17) is 37.9 Å². The predicted molar refractivity (Wildman–Crippen MR) is 219 cm³/mol. The third-order valence-corrected chi connectivity index (χ3v) is 11.1. The van der Waals surface area contributed by atoms with Crippen LogP contribution in [0.4, 0.5) is 0 Å². The summed E-state index contributed by atoms with van der Waals surface area (Å²) in [4.78, 5) is 3.25. The minimum Gasteiger partial charge on any atom is -0.374 e. The van der Waals surface area contributed by atoms with Gasteiger partial charge >= 0.3 is 0 Å². The summed E-state index contributed by atoms with van der Waals surface area (Å²) in [5.41, 5.74) is 13.9. The molecule has 11 nitrogen and oxygen atoms in total. The number of hydrogen-bond acceptors (Lipinski definition) is 9. The van der Waals surface area contributed by atoms with Gasteiger partial charge in [0.15, 0.2) is 12.1 Å². The Balaban J connectivity index is 1.18. The van der Waals surface area contributed by atoms with Crippen molar-refractivity contribution >= 4 is 0 Å². The predicted octanol–water partition coefficient (Wildman–Crippen LogP) is 9.48. The van der Waals surface area contributed by atoms with Gasteiger partial charge in [0.2, 0.25) is 0 Å². The average molecular weight is 792 g/mol. The maximum absolute atomic E-state index is 9.84. The monoisotopic (exact) mass is 791 g/mol. The fraction of sp³-hybridized carbons (Fsp3) is 0.489. The van der Waals surface area contributed by atoms with E-state index in [1.165, 1.54) is 12.8 Å². The first kappa shape index (κ1) is 42.0. The van der Waals surface area contributed by atoms with E-state index in [2.05, 4.69) is 10.0 Å². The lowest BCUT2D eigenvalue weighted by Crippen LogP contribution is -2.62. The quantitative estimate of drug-likeness (QED) is 0.0493. The topological polar surface area (TPSA) is 123 Å². The lowest BCUT2D eigenvalue weighted by atomic mass is 9.94. The first-order chi connectivity index (χ1) is 28.4. The molecule has 58 heavy (non-hydrogen) atoms. The molecule has 1 saturated carbocycles. The van der Waals surface area contributed by atoms with Gasteiger partial charge in [0.05, 0.1) is 57.9 Å². The minimum absolute atomic E-state index is 0.00370. The molecule has 5 unspecified atom stereocenters. The fourth-order valence-corrected chi connectivity index (χ4v) is 8.28. The van der Waals surface area contributed by atoms with Crippen LogP contribution >= 0.6 is 0 Å². The zero-order chi connectivity index (χ0) is 40.0. The Morgan fingerprint density at radius 3 is 1.67 bits per heavy atom. The van der Waals surface area contributed by atoms with Crippen molar-refractivity contribution in [3.05, 3.63) is 154 Å². The molecule has 2 aliphatic heterocycles. The van der Waals surface area contributed by atoms with Gasteiger partial charge in [-0.2, -0.15) is 0 Å². The number of rotatable bonds is 20. The number of azide groups is 1. The highest BCUT2D eigenvalue weighted by Crippen LogP contribution is 2.39. The van der Waals surface area contributed by atoms with Crippen molar-refractivity contribution in [2.75, 3.05) is 13.2 Å². The van der Waals surface area contributed by atoms with Crippen LogP contribution in [-0.4, -0.2) is 68.0 Å². The molecule has 0 bridgehead atoms. The Bertz CT molecular complexity index is 1830. The highest BCUT2D eigenvalue weighted by Gasteiger charge is 2.51. The Morgan fingerprint density at radius 1 is 0.638 bits per heavy atom. The minimum atomic E-state index is -0.952. The van der Waals surface area contributed by atoms with Gasteiger partial charge in [-0.05, 0) is 54.0 Å². The molecule has 4 aromatic carbocycles. The Labute approximate surface area is 342 Å². The van der Waals surface area contributed by atoms with E-state index in [9.17, 15) is 5.53 Å². The molecule has 0 radical (unpaired) electrons. The van der Waals surface area contributed by atoms with Crippen LogP contribution in [0.3, 0.4) is 0 Å². The standard InChI is InChI=1S/C47H57N3O8/c1-47(2)57-40(27-34-17-15-16-18-34)42(58-47)39(49-50-48)32-55-46-45(54-31-38-25-13-6-14-26-38)44(53-30-37-23-11-5-12-24-37)43(52-29-36-21-9-4-10-22-36)41(56-46)33-51-28-35-19-7-3-8-20-35/h3-14,19-26,34,39-46H,15-18,27-33H2,1-2H3/t39-,40-,41?,42+,43?,44?,45?,46?/m1/s1. The second-order valence-electron chi connectivity index (χ2n) is 16.0. The summed E-state index contributed by atoms with van der Waals surface area (Å²) < 4.78 is 53.4. The van der Waals surface area contributed by atoms with Crippen molar-refractivity contribution in [1.82, 2.24) is 0 Å². The summed E-state index contributed by atoms with van der Waals surface area (Å²) in [5, 5.41) is 4.25. The molecule has 3 aliphatic rings. The molecule has 0 aromatic heterocycles.